The molecule has 0 fully saturated rings. The molecule has 2 N–H and O–H groups in total. The number of rotatable bonds is 2. The van der Waals surface area contributed by atoms with Crippen molar-refractivity contribution in [3.63, 3.8) is 0 Å². The third-order valence-electron chi connectivity index (χ3n) is 2.05. The average Bonchev–Trinajstić information content (AvgIpc) is 2.31. The van der Waals surface area contributed by atoms with Crippen LogP contribution in [0, 0.1) is 0 Å². The van der Waals surface area contributed by atoms with Gasteiger partial charge in [0.25, 0.3) is 11.5 Å². The largest absolute Gasteiger partial charge is 0.305 e. The van der Waals surface area contributed by atoms with E-state index in [1.54, 1.807) is 12.1 Å². The van der Waals surface area contributed by atoms with Gasteiger partial charge >= 0.3 is 0 Å². The summed E-state index contributed by atoms with van der Waals surface area (Å²) in [4.78, 5) is 22.7. The summed E-state index contributed by atoms with van der Waals surface area (Å²) in [5.41, 5.74) is 0.0564. The van der Waals surface area contributed by atoms with Gasteiger partial charge in [0.15, 0.2) is 5.82 Å². The quantitative estimate of drug-likeness (QED) is 0.889. The summed E-state index contributed by atoms with van der Waals surface area (Å²) < 4.78 is 0.703. The Hall–Kier alpha value is -1.66. The minimum absolute atomic E-state index is 0.260. The van der Waals surface area contributed by atoms with Crippen LogP contribution in [0.4, 0.5) is 5.82 Å². The molecule has 7 heteroatoms. The van der Waals surface area contributed by atoms with E-state index in [9.17, 15) is 9.59 Å². The fraction of sp³-hybridized carbons (Fsp3) is 0. The summed E-state index contributed by atoms with van der Waals surface area (Å²) in [6, 6.07) is 7.53. The van der Waals surface area contributed by atoms with E-state index in [-0.39, 0.29) is 17.3 Å². The number of hydrogen-bond donors (Lipinski definition) is 2. The smallest absolute Gasteiger partial charge is 0.264 e. The van der Waals surface area contributed by atoms with Gasteiger partial charge in [0, 0.05) is 21.1 Å². The molecule has 0 radical (unpaired) electrons. The molecule has 1 heterocycles. The van der Waals surface area contributed by atoms with E-state index in [4.69, 9.17) is 11.6 Å². The van der Waals surface area contributed by atoms with Crippen LogP contribution in [0.1, 0.15) is 10.4 Å². The second kappa shape index (κ2) is 5.32. The van der Waals surface area contributed by atoms with Crippen molar-refractivity contribution in [2.75, 3.05) is 5.32 Å². The maximum absolute atomic E-state index is 11.9. The van der Waals surface area contributed by atoms with E-state index in [0.717, 1.165) is 0 Å². The summed E-state index contributed by atoms with van der Waals surface area (Å²) in [6.45, 7) is 0. The molecule has 0 saturated carbocycles. The first kappa shape index (κ1) is 12.8. The maximum atomic E-state index is 11.9. The first-order valence-corrected chi connectivity index (χ1v) is 6.05. The molecule has 2 aromatic rings. The second-order valence-electron chi connectivity index (χ2n) is 3.42. The number of nitrogens with zero attached hydrogens (tertiary/aromatic N) is 1. The van der Waals surface area contributed by atoms with Crippen LogP contribution >= 0.6 is 27.5 Å². The van der Waals surface area contributed by atoms with Crippen LogP contribution < -0.4 is 10.9 Å². The van der Waals surface area contributed by atoms with Crippen molar-refractivity contribution in [3.05, 3.63) is 55.7 Å². The van der Waals surface area contributed by atoms with Gasteiger partial charge in [-0.15, -0.1) is 0 Å². The molecule has 0 atom stereocenters. The highest BCUT2D eigenvalue weighted by Crippen LogP contribution is 2.20. The van der Waals surface area contributed by atoms with Crippen LogP contribution in [0.2, 0.25) is 5.02 Å². The van der Waals surface area contributed by atoms with Gasteiger partial charge in [-0.3, -0.25) is 9.59 Å². The topological polar surface area (TPSA) is 74.8 Å². The summed E-state index contributed by atoms with van der Waals surface area (Å²) in [5, 5.41) is 8.89. The summed E-state index contributed by atoms with van der Waals surface area (Å²) in [6.07, 6.45) is 0. The molecular formula is C11H7BrClN3O2. The molecule has 0 bridgehead atoms. The highest BCUT2D eigenvalue weighted by molar-refractivity contribution is 9.10. The number of amides is 1. The Morgan fingerprint density at radius 2 is 2.11 bits per heavy atom. The first-order valence-electron chi connectivity index (χ1n) is 4.88. The van der Waals surface area contributed by atoms with E-state index >= 15 is 0 Å². The fourth-order valence-electron chi connectivity index (χ4n) is 1.29. The molecule has 0 aliphatic rings. The summed E-state index contributed by atoms with van der Waals surface area (Å²) in [5.74, 6) is -0.103. The van der Waals surface area contributed by atoms with E-state index < -0.39 is 0 Å². The van der Waals surface area contributed by atoms with Gasteiger partial charge in [-0.25, -0.2) is 5.10 Å². The molecule has 2 rings (SSSR count). The summed E-state index contributed by atoms with van der Waals surface area (Å²) >= 11 is 9.09. The molecule has 18 heavy (non-hydrogen) atoms. The number of anilines is 1. The lowest BCUT2D eigenvalue weighted by atomic mass is 10.2. The predicted octanol–water partition coefficient (Wildman–Crippen LogP) is 2.44. The number of nitrogens with one attached hydrogen (secondary N) is 2. The number of aromatic amines is 1. The van der Waals surface area contributed by atoms with Crippen molar-refractivity contribution < 1.29 is 4.79 Å². The third kappa shape index (κ3) is 3.18. The molecule has 0 aliphatic heterocycles. The van der Waals surface area contributed by atoms with Crippen LogP contribution in [-0.4, -0.2) is 16.1 Å². The van der Waals surface area contributed by atoms with E-state index in [0.29, 0.717) is 15.1 Å². The third-order valence-corrected chi connectivity index (χ3v) is 2.72. The Balaban J connectivity index is 2.21. The Labute approximate surface area is 115 Å². The SMILES string of the molecule is O=C(Nc1ccc(=O)[nH]n1)c1cc(Cl)cc(Br)c1. The number of carbonyl (C=O) groups excluding carboxylic acids is 1. The molecule has 5 nitrogen and oxygen atoms in total. The second-order valence-corrected chi connectivity index (χ2v) is 4.77. The Bertz CT molecular complexity index is 616. The Kier molecular flexibility index (Phi) is 3.78. The van der Waals surface area contributed by atoms with Gasteiger partial charge < -0.3 is 5.32 Å². The van der Waals surface area contributed by atoms with Crippen molar-refractivity contribution in [2.24, 2.45) is 0 Å². The maximum Gasteiger partial charge on any atom is 0.264 e. The molecule has 1 aromatic heterocycles. The Morgan fingerprint density at radius 1 is 1.33 bits per heavy atom. The van der Waals surface area contributed by atoms with Crippen molar-refractivity contribution in [2.45, 2.75) is 0 Å². The number of benzene rings is 1. The van der Waals surface area contributed by atoms with Crippen LogP contribution in [0.3, 0.4) is 0 Å². The van der Waals surface area contributed by atoms with Gasteiger partial charge in [0.2, 0.25) is 0 Å². The summed E-state index contributed by atoms with van der Waals surface area (Å²) in [7, 11) is 0. The molecule has 1 aromatic carbocycles. The van der Waals surface area contributed by atoms with Gasteiger partial charge in [-0.2, -0.15) is 5.10 Å². The van der Waals surface area contributed by atoms with E-state index in [1.807, 2.05) is 0 Å². The lowest BCUT2D eigenvalue weighted by Gasteiger charge is -2.04. The molecule has 1 amide bonds. The molecule has 0 aliphatic carbocycles. The van der Waals surface area contributed by atoms with Gasteiger partial charge in [-0.05, 0) is 24.3 Å². The van der Waals surface area contributed by atoms with Gasteiger partial charge in [0.05, 0.1) is 0 Å². The van der Waals surface area contributed by atoms with Gasteiger partial charge in [-0.1, -0.05) is 27.5 Å². The van der Waals surface area contributed by atoms with E-state index in [1.165, 1.54) is 18.2 Å². The van der Waals surface area contributed by atoms with Crippen molar-refractivity contribution in [1.29, 1.82) is 0 Å². The highest BCUT2D eigenvalue weighted by Gasteiger charge is 2.08. The average molecular weight is 329 g/mol. The first-order chi connectivity index (χ1) is 8.54. The zero-order valence-corrected chi connectivity index (χ0v) is 11.2. The minimum Gasteiger partial charge on any atom is -0.305 e. The normalized spacial score (nSPS) is 10.1. The van der Waals surface area contributed by atoms with Crippen molar-refractivity contribution in [1.82, 2.24) is 10.2 Å². The Morgan fingerprint density at radius 3 is 2.72 bits per heavy atom. The number of hydrogen-bond acceptors (Lipinski definition) is 3. The molecule has 0 saturated heterocycles. The molecule has 92 valence electrons. The van der Waals surface area contributed by atoms with Crippen LogP contribution in [0.5, 0.6) is 0 Å². The van der Waals surface area contributed by atoms with Crippen LogP contribution in [0.25, 0.3) is 0 Å². The number of aromatic nitrogens is 2. The predicted molar refractivity (Wildman–Crippen MR) is 72.0 cm³/mol. The van der Waals surface area contributed by atoms with Crippen LogP contribution in [0.15, 0.2) is 39.6 Å². The minimum atomic E-state index is -0.363. The molecule has 0 spiro atoms. The monoisotopic (exact) mass is 327 g/mol. The van der Waals surface area contributed by atoms with Gasteiger partial charge in [0.1, 0.15) is 0 Å². The number of halogens is 2. The number of H-pyrrole nitrogens is 1. The van der Waals surface area contributed by atoms with Crippen molar-refractivity contribution in [3.8, 4) is 0 Å². The van der Waals surface area contributed by atoms with Crippen LogP contribution in [-0.2, 0) is 0 Å². The lowest BCUT2D eigenvalue weighted by Crippen LogP contribution is -2.15. The standard InChI is InChI=1S/C11H7BrClN3O2/c12-7-3-6(4-8(13)5-7)11(18)14-9-1-2-10(17)16-15-9/h1-5H,(H,16,17)(H,14,15,18). The zero-order valence-electron chi connectivity index (χ0n) is 8.91. The van der Waals surface area contributed by atoms with E-state index in [2.05, 4.69) is 31.4 Å². The lowest BCUT2D eigenvalue weighted by molar-refractivity contribution is 0.102. The number of carbonyl (C=O) groups is 1. The molecular weight excluding hydrogens is 321 g/mol. The zero-order chi connectivity index (χ0) is 13.1. The highest BCUT2D eigenvalue weighted by atomic mass is 79.9. The van der Waals surface area contributed by atoms with Crippen molar-refractivity contribution >= 4 is 39.3 Å². The fourth-order valence-corrected chi connectivity index (χ4v) is 2.15. The molecule has 0 unspecified atom stereocenters.